The number of nitrogens with one attached hydrogen (secondary N) is 2. The second-order valence-electron chi connectivity index (χ2n) is 5.41. The molecular weight excluding hydrogens is 324 g/mol. The molecule has 0 aliphatic heterocycles. The van der Waals surface area contributed by atoms with Crippen molar-refractivity contribution in [3.05, 3.63) is 58.8 Å². The minimum Gasteiger partial charge on any atom is -0.358 e. The predicted octanol–water partition coefficient (Wildman–Crippen LogP) is 2.52. The van der Waals surface area contributed by atoms with E-state index in [1.807, 2.05) is 18.2 Å². The summed E-state index contributed by atoms with van der Waals surface area (Å²) in [5.41, 5.74) is 1.52. The van der Waals surface area contributed by atoms with E-state index in [0.717, 1.165) is 11.4 Å². The summed E-state index contributed by atoms with van der Waals surface area (Å²) in [6.45, 7) is 1.98. The summed E-state index contributed by atoms with van der Waals surface area (Å²) in [5.74, 6) is 0.813. The molecule has 0 aliphatic rings. The lowest BCUT2D eigenvalue weighted by Crippen LogP contribution is -2.14. The molecule has 0 fully saturated rings. The van der Waals surface area contributed by atoms with E-state index in [1.54, 1.807) is 30.0 Å². The second-order valence-corrected chi connectivity index (χ2v) is 5.41. The molecule has 0 spiro atoms. The van der Waals surface area contributed by atoms with Crippen LogP contribution < -0.4 is 5.32 Å². The highest BCUT2D eigenvalue weighted by molar-refractivity contribution is 5.91. The molecule has 0 radical (unpaired) electrons. The summed E-state index contributed by atoms with van der Waals surface area (Å²) in [4.78, 5) is 33.3. The minimum absolute atomic E-state index is 0.180. The van der Waals surface area contributed by atoms with E-state index in [9.17, 15) is 14.9 Å². The molecule has 128 valence electrons. The molecule has 2 aromatic heterocycles. The van der Waals surface area contributed by atoms with Gasteiger partial charge in [-0.15, -0.1) is 0 Å². The van der Waals surface area contributed by atoms with E-state index in [-0.39, 0.29) is 18.1 Å². The van der Waals surface area contributed by atoms with Gasteiger partial charge in [0.25, 0.3) is 0 Å². The summed E-state index contributed by atoms with van der Waals surface area (Å²) >= 11 is 0. The highest BCUT2D eigenvalue weighted by Crippen LogP contribution is 2.19. The fourth-order valence-corrected chi connectivity index (χ4v) is 2.42. The number of nitro groups is 1. The highest BCUT2D eigenvalue weighted by Gasteiger charge is 2.15. The van der Waals surface area contributed by atoms with Crippen molar-refractivity contribution in [2.24, 2.45) is 0 Å². The fourth-order valence-electron chi connectivity index (χ4n) is 2.42. The Hall–Kier alpha value is -3.49. The summed E-state index contributed by atoms with van der Waals surface area (Å²) in [6.07, 6.45) is 4.90. The Kier molecular flexibility index (Phi) is 4.55. The summed E-state index contributed by atoms with van der Waals surface area (Å²) in [6, 6.07) is 7.33. The van der Waals surface area contributed by atoms with Crippen LogP contribution in [0.3, 0.4) is 0 Å². The Balaban J connectivity index is 1.61. The van der Waals surface area contributed by atoms with Gasteiger partial charge in [0.05, 0.1) is 0 Å². The lowest BCUT2D eigenvalue weighted by atomic mass is 10.2. The Morgan fingerprint density at radius 1 is 1.44 bits per heavy atom. The average Bonchev–Trinajstić information content (AvgIpc) is 3.23. The Labute approximate surface area is 142 Å². The zero-order chi connectivity index (χ0) is 17.8. The van der Waals surface area contributed by atoms with Gasteiger partial charge in [0.1, 0.15) is 12.0 Å². The zero-order valence-electron chi connectivity index (χ0n) is 13.5. The minimum atomic E-state index is -0.552. The third kappa shape index (κ3) is 3.89. The number of hydrogen-bond acceptors (Lipinski definition) is 5. The van der Waals surface area contributed by atoms with Crippen LogP contribution in [0.1, 0.15) is 12.2 Å². The first-order valence-corrected chi connectivity index (χ1v) is 7.61. The first-order chi connectivity index (χ1) is 12.0. The van der Waals surface area contributed by atoms with Crippen molar-refractivity contribution in [3.8, 4) is 11.4 Å². The third-order valence-corrected chi connectivity index (χ3v) is 3.65. The van der Waals surface area contributed by atoms with Gasteiger partial charge in [-0.1, -0.05) is 12.1 Å². The number of amides is 1. The maximum Gasteiger partial charge on any atom is 0.381 e. The van der Waals surface area contributed by atoms with Crippen LogP contribution in [0, 0.1) is 17.0 Å². The molecule has 9 heteroatoms. The van der Waals surface area contributed by atoms with Crippen molar-refractivity contribution in [3.63, 3.8) is 0 Å². The molecular formula is C16H16N6O3. The van der Waals surface area contributed by atoms with Crippen LogP contribution in [-0.2, 0) is 11.3 Å². The molecule has 9 nitrogen and oxygen atoms in total. The lowest BCUT2D eigenvalue weighted by molar-refractivity contribution is -0.389. The molecule has 0 saturated carbocycles. The van der Waals surface area contributed by atoms with Gasteiger partial charge in [-0.25, -0.2) is 4.98 Å². The number of hydrogen-bond donors (Lipinski definition) is 2. The predicted molar refractivity (Wildman–Crippen MR) is 90.9 cm³/mol. The number of aromatic nitrogens is 4. The van der Waals surface area contributed by atoms with Gasteiger partial charge in [-0.05, 0) is 22.0 Å². The molecule has 3 aromatic rings. The number of imidazole rings is 2. The number of anilines is 1. The van der Waals surface area contributed by atoms with Crippen LogP contribution in [0.2, 0.25) is 0 Å². The van der Waals surface area contributed by atoms with Crippen molar-refractivity contribution in [1.29, 1.82) is 0 Å². The van der Waals surface area contributed by atoms with Crippen LogP contribution in [0.5, 0.6) is 0 Å². The van der Waals surface area contributed by atoms with Gasteiger partial charge in [0, 0.05) is 43.5 Å². The summed E-state index contributed by atoms with van der Waals surface area (Å²) < 4.78 is 1.59. The Bertz CT molecular complexity index is 900. The average molecular weight is 340 g/mol. The van der Waals surface area contributed by atoms with E-state index >= 15 is 0 Å². The molecule has 2 heterocycles. The second kappa shape index (κ2) is 6.95. The normalized spacial score (nSPS) is 10.6. The van der Waals surface area contributed by atoms with E-state index in [1.165, 1.54) is 6.20 Å². The van der Waals surface area contributed by atoms with Crippen LogP contribution in [0.25, 0.3) is 11.4 Å². The maximum atomic E-state index is 12.1. The van der Waals surface area contributed by atoms with Crippen LogP contribution in [-0.4, -0.2) is 30.3 Å². The molecule has 2 N–H and O–H groups in total. The summed E-state index contributed by atoms with van der Waals surface area (Å²) in [7, 11) is 0. The molecule has 1 aromatic carbocycles. The lowest BCUT2D eigenvalue weighted by Gasteiger charge is -2.07. The largest absolute Gasteiger partial charge is 0.381 e. The van der Waals surface area contributed by atoms with E-state index in [4.69, 9.17) is 0 Å². The van der Waals surface area contributed by atoms with Gasteiger partial charge in [-0.3, -0.25) is 4.79 Å². The van der Waals surface area contributed by atoms with Crippen molar-refractivity contribution in [1.82, 2.24) is 19.5 Å². The van der Waals surface area contributed by atoms with Gasteiger partial charge < -0.3 is 25.0 Å². The van der Waals surface area contributed by atoms with Crippen LogP contribution in [0.4, 0.5) is 11.5 Å². The summed E-state index contributed by atoms with van der Waals surface area (Å²) in [5, 5.41) is 13.5. The molecule has 0 atom stereocenters. The van der Waals surface area contributed by atoms with E-state index in [0.29, 0.717) is 18.1 Å². The molecule has 0 saturated heterocycles. The van der Waals surface area contributed by atoms with Crippen LogP contribution in [0.15, 0.2) is 42.9 Å². The van der Waals surface area contributed by atoms with Gasteiger partial charge >= 0.3 is 5.82 Å². The Morgan fingerprint density at radius 2 is 2.28 bits per heavy atom. The number of carbonyl (C=O) groups excluding carboxylic acids is 1. The van der Waals surface area contributed by atoms with Crippen molar-refractivity contribution in [2.45, 2.75) is 19.9 Å². The zero-order valence-corrected chi connectivity index (χ0v) is 13.5. The molecule has 0 aliphatic carbocycles. The number of benzene rings is 1. The molecule has 3 rings (SSSR count). The standard InChI is InChI=1S/C16H16N6O3/c1-11-19-14(22(24)25)10-21(11)8-5-15(23)20-13-4-2-3-12(9-13)16-17-6-7-18-16/h2-4,6-7,9-10H,5,8H2,1H3,(H,17,18)(H,20,23). The van der Waals surface area contributed by atoms with Crippen molar-refractivity contribution >= 4 is 17.4 Å². The molecule has 0 bridgehead atoms. The van der Waals surface area contributed by atoms with E-state index < -0.39 is 4.92 Å². The van der Waals surface area contributed by atoms with Crippen molar-refractivity contribution < 1.29 is 9.72 Å². The number of nitrogens with zero attached hydrogens (tertiary/aromatic N) is 4. The monoisotopic (exact) mass is 340 g/mol. The van der Waals surface area contributed by atoms with E-state index in [2.05, 4.69) is 20.3 Å². The number of H-pyrrole nitrogens is 1. The van der Waals surface area contributed by atoms with Gasteiger partial charge in [-0.2, -0.15) is 0 Å². The number of rotatable bonds is 6. The Morgan fingerprint density at radius 3 is 2.96 bits per heavy atom. The number of carbonyl (C=O) groups is 1. The molecule has 25 heavy (non-hydrogen) atoms. The molecule has 0 unspecified atom stereocenters. The van der Waals surface area contributed by atoms with Gasteiger partial charge in [0.15, 0.2) is 0 Å². The number of aryl methyl sites for hydroxylation is 2. The highest BCUT2D eigenvalue weighted by atomic mass is 16.6. The first-order valence-electron chi connectivity index (χ1n) is 7.61. The third-order valence-electron chi connectivity index (χ3n) is 3.65. The quantitative estimate of drug-likeness (QED) is 0.528. The van der Waals surface area contributed by atoms with Gasteiger partial charge in [0.2, 0.25) is 11.7 Å². The number of aromatic amines is 1. The topological polar surface area (TPSA) is 119 Å². The smallest absolute Gasteiger partial charge is 0.358 e. The van der Waals surface area contributed by atoms with Crippen molar-refractivity contribution in [2.75, 3.05) is 5.32 Å². The maximum absolute atomic E-state index is 12.1. The molecule has 1 amide bonds. The van der Waals surface area contributed by atoms with Crippen LogP contribution >= 0.6 is 0 Å². The first kappa shape index (κ1) is 16.4. The fraction of sp³-hybridized carbons (Fsp3) is 0.188. The SMILES string of the molecule is Cc1nc([N+](=O)[O-])cn1CCC(=O)Nc1cccc(-c2ncc[nH]2)c1.